The van der Waals surface area contributed by atoms with E-state index in [4.69, 9.17) is 9.47 Å². The largest absolute Gasteiger partial charge is 0.496 e. The van der Waals surface area contributed by atoms with Crippen molar-refractivity contribution in [1.29, 1.82) is 0 Å². The average Bonchev–Trinajstić information content (AvgIpc) is 3.06. The van der Waals surface area contributed by atoms with Crippen LogP contribution in [0.3, 0.4) is 0 Å². The molecule has 1 N–H and O–H groups in total. The van der Waals surface area contributed by atoms with E-state index in [0.717, 1.165) is 43.8 Å². The molecule has 6 nitrogen and oxygen atoms in total. The van der Waals surface area contributed by atoms with Crippen molar-refractivity contribution >= 4 is 11.8 Å². The summed E-state index contributed by atoms with van der Waals surface area (Å²) >= 11 is 0. The van der Waals surface area contributed by atoms with E-state index in [1.54, 1.807) is 12.0 Å². The summed E-state index contributed by atoms with van der Waals surface area (Å²) in [6, 6.07) is 7.84. The summed E-state index contributed by atoms with van der Waals surface area (Å²) in [5, 5.41) is 3.03. The van der Waals surface area contributed by atoms with Gasteiger partial charge in [-0.05, 0) is 36.8 Å². The number of carbonyl (C=O) groups excluding carboxylic acids is 2. The summed E-state index contributed by atoms with van der Waals surface area (Å²) in [6.45, 7) is 3.36. The molecule has 2 saturated heterocycles. The molecule has 1 unspecified atom stereocenters. The van der Waals surface area contributed by atoms with Crippen molar-refractivity contribution in [2.24, 2.45) is 11.8 Å². The van der Waals surface area contributed by atoms with Gasteiger partial charge < -0.3 is 19.7 Å². The second-order valence-electron chi connectivity index (χ2n) is 7.10. The molecule has 142 valence electrons. The Bertz CT molecular complexity index is 628. The summed E-state index contributed by atoms with van der Waals surface area (Å²) < 4.78 is 10.7. The minimum Gasteiger partial charge on any atom is -0.496 e. The third-order valence-corrected chi connectivity index (χ3v) is 5.33. The summed E-state index contributed by atoms with van der Waals surface area (Å²) in [6.07, 6.45) is 3.03. The van der Waals surface area contributed by atoms with Crippen LogP contribution in [0.25, 0.3) is 0 Å². The molecule has 0 spiro atoms. The van der Waals surface area contributed by atoms with Crippen LogP contribution >= 0.6 is 0 Å². The Morgan fingerprint density at radius 3 is 2.85 bits per heavy atom. The van der Waals surface area contributed by atoms with Gasteiger partial charge in [-0.25, -0.2) is 0 Å². The first kappa shape index (κ1) is 18.7. The maximum absolute atomic E-state index is 12.4. The van der Waals surface area contributed by atoms with Gasteiger partial charge in [-0.3, -0.25) is 9.59 Å². The number of methoxy groups -OCH3 is 1. The van der Waals surface area contributed by atoms with Crippen molar-refractivity contribution < 1.29 is 19.1 Å². The molecule has 0 aromatic heterocycles. The molecule has 0 saturated carbocycles. The first-order chi connectivity index (χ1) is 12.7. The fourth-order valence-corrected chi connectivity index (χ4v) is 3.67. The van der Waals surface area contributed by atoms with Gasteiger partial charge in [0.2, 0.25) is 11.8 Å². The van der Waals surface area contributed by atoms with Gasteiger partial charge in [0, 0.05) is 39.3 Å². The fraction of sp³-hybridized carbons (Fsp3) is 0.600. The van der Waals surface area contributed by atoms with Gasteiger partial charge in [0.05, 0.1) is 13.0 Å². The van der Waals surface area contributed by atoms with Gasteiger partial charge in [-0.15, -0.1) is 0 Å². The van der Waals surface area contributed by atoms with Crippen LogP contribution in [0.1, 0.15) is 24.8 Å². The van der Waals surface area contributed by atoms with E-state index in [0.29, 0.717) is 32.0 Å². The Labute approximate surface area is 154 Å². The molecule has 2 heterocycles. The smallest absolute Gasteiger partial charge is 0.225 e. The van der Waals surface area contributed by atoms with Crippen LogP contribution in [0.15, 0.2) is 24.3 Å². The monoisotopic (exact) mass is 360 g/mol. The van der Waals surface area contributed by atoms with Gasteiger partial charge >= 0.3 is 0 Å². The number of carbonyl (C=O) groups is 2. The van der Waals surface area contributed by atoms with Crippen LogP contribution in [0.4, 0.5) is 0 Å². The van der Waals surface area contributed by atoms with E-state index in [1.165, 1.54) is 0 Å². The molecule has 1 aromatic carbocycles. The maximum Gasteiger partial charge on any atom is 0.225 e. The van der Waals surface area contributed by atoms with Crippen molar-refractivity contribution in [2.75, 3.05) is 40.0 Å². The molecule has 1 atom stereocenters. The number of benzene rings is 1. The van der Waals surface area contributed by atoms with Gasteiger partial charge in [0.15, 0.2) is 0 Å². The summed E-state index contributed by atoms with van der Waals surface area (Å²) in [7, 11) is 1.65. The highest BCUT2D eigenvalue weighted by molar-refractivity contribution is 5.89. The number of para-hydroxylation sites is 1. The summed E-state index contributed by atoms with van der Waals surface area (Å²) in [5.41, 5.74) is 1.08. The quantitative estimate of drug-likeness (QED) is 0.803. The first-order valence-corrected chi connectivity index (χ1v) is 9.42. The summed E-state index contributed by atoms with van der Waals surface area (Å²) in [5.74, 6) is 1.16. The van der Waals surface area contributed by atoms with E-state index < -0.39 is 0 Å². The topological polar surface area (TPSA) is 67.9 Å². The minimum atomic E-state index is -0.236. The molecule has 2 aliphatic heterocycles. The highest BCUT2D eigenvalue weighted by atomic mass is 16.5. The van der Waals surface area contributed by atoms with Crippen molar-refractivity contribution in [3.63, 3.8) is 0 Å². The lowest BCUT2D eigenvalue weighted by atomic mass is 10.00. The number of hydrogen-bond donors (Lipinski definition) is 1. The molecule has 2 amide bonds. The second kappa shape index (κ2) is 9.03. The van der Waals surface area contributed by atoms with Crippen molar-refractivity contribution in [2.45, 2.75) is 25.7 Å². The van der Waals surface area contributed by atoms with Crippen LogP contribution in [-0.2, 0) is 20.7 Å². The molecule has 0 aliphatic carbocycles. The van der Waals surface area contributed by atoms with Gasteiger partial charge in [-0.1, -0.05) is 18.2 Å². The molecular formula is C20H28N2O4. The van der Waals surface area contributed by atoms with Crippen LogP contribution < -0.4 is 10.1 Å². The molecular weight excluding hydrogens is 332 g/mol. The molecule has 1 aromatic rings. The van der Waals surface area contributed by atoms with Crippen LogP contribution in [0, 0.1) is 11.8 Å². The second-order valence-corrected chi connectivity index (χ2v) is 7.10. The highest BCUT2D eigenvalue weighted by Gasteiger charge is 2.34. The number of nitrogens with one attached hydrogen (secondary N) is 1. The highest BCUT2D eigenvalue weighted by Crippen LogP contribution is 2.22. The Morgan fingerprint density at radius 2 is 2.08 bits per heavy atom. The van der Waals surface area contributed by atoms with Gasteiger partial charge in [0.1, 0.15) is 5.75 Å². The SMILES string of the molecule is COc1ccccc1CCN1CC(C(=O)NCC2CCOCC2)CC1=O. The van der Waals surface area contributed by atoms with Gasteiger partial charge in [-0.2, -0.15) is 0 Å². The Hall–Kier alpha value is -2.08. The van der Waals surface area contributed by atoms with E-state index in [9.17, 15) is 9.59 Å². The van der Waals surface area contributed by atoms with E-state index in [2.05, 4.69) is 5.32 Å². The lowest BCUT2D eigenvalue weighted by Gasteiger charge is -2.23. The lowest BCUT2D eigenvalue weighted by molar-refractivity contribution is -0.129. The molecule has 6 heteroatoms. The van der Waals surface area contributed by atoms with Crippen molar-refractivity contribution in [3.8, 4) is 5.75 Å². The number of nitrogens with zero attached hydrogens (tertiary/aromatic N) is 1. The van der Waals surface area contributed by atoms with Crippen molar-refractivity contribution in [3.05, 3.63) is 29.8 Å². The Balaban J connectivity index is 1.46. The molecule has 2 aliphatic rings. The normalized spacial score (nSPS) is 21.0. The molecule has 0 radical (unpaired) electrons. The van der Waals surface area contributed by atoms with E-state index in [1.807, 2.05) is 24.3 Å². The number of likely N-dealkylation sites (tertiary alicyclic amines) is 1. The van der Waals surface area contributed by atoms with Gasteiger partial charge in [0.25, 0.3) is 0 Å². The van der Waals surface area contributed by atoms with E-state index in [-0.39, 0.29) is 17.7 Å². The predicted octanol–water partition coefficient (Wildman–Crippen LogP) is 1.63. The van der Waals surface area contributed by atoms with Crippen LogP contribution in [-0.4, -0.2) is 56.7 Å². The maximum atomic E-state index is 12.4. The predicted molar refractivity (Wildman–Crippen MR) is 97.9 cm³/mol. The number of rotatable bonds is 7. The zero-order valence-corrected chi connectivity index (χ0v) is 15.4. The lowest BCUT2D eigenvalue weighted by Crippen LogP contribution is -2.37. The molecule has 3 rings (SSSR count). The molecule has 2 fully saturated rings. The number of hydrogen-bond acceptors (Lipinski definition) is 4. The number of amides is 2. The van der Waals surface area contributed by atoms with E-state index >= 15 is 0 Å². The average molecular weight is 360 g/mol. The zero-order valence-electron chi connectivity index (χ0n) is 15.4. The Morgan fingerprint density at radius 1 is 1.31 bits per heavy atom. The first-order valence-electron chi connectivity index (χ1n) is 9.42. The standard InChI is InChI=1S/C20H28N2O4/c1-25-18-5-3-2-4-16(18)6-9-22-14-17(12-19(22)23)20(24)21-13-15-7-10-26-11-8-15/h2-5,15,17H,6-14H2,1H3,(H,21,24). The van der Waals surface area contributed by atoms with Crippen LogP contribution in [0.5, 0.6) is 5.75 Å². The minimum absolute atomic E-state index is 0.00429. The van der Waals surface area contributed by atoms with Crippen LogP contribution in [0.2, 0.25) is 0 Å². The molecule has 0 bridgehead atoms. The molecule has 26 heavy (non-hydrogen) atoms. The zero-order chi connectivity index (χ0) is 18.4. The third-order valence-electron chi connectivity index (χ3n) is 5.33. The summed E-state index contributed by atoms with van der Waals surface area (Å²) in [4.78, 5) is 26.5. The fourth-order valence-electron chi connectivity index (χ4n) is 3.67. The third kappa shape index (κ3) is 4.75. The Kier molecular flexibility index (Phi) is 6.50. The van der Waals surface area contributed by atoms with Crippen molar-refractivity contribution in [1.82, 2.24) is 10.2 Å². The number of ether oxygens (including phenoxy) is 2.